The number of nitriles is 1. The highest BCUT2D eigenvalue weighted by Crippen LogP contribution is 2.52. The zero-order valence-electron chi connectivity index (χ0n) is 21.5. The van der Waals surface area contributed by atoms with Crippen LogP contribution in [0.2, 0.25) is 0 Å². The van der Waals surface area contributed by atoms with Crippen LogP contribution in [0, 0.1) is 11.3 Å². The normalized spacial score (nSPS) is 26.8. The molecule has 1 fully saturated rings. The van der Waals surface area contributed by atoms with Gasteiger partial charge in [-0.3, -0.25) is 9.32 Å². The summed E-state index contributed by atoms with van der Waals surface area (Å²) in [6, 6.07) is 8.33. The Kier molecular flexibility index (Phi) is 8.32. The molecular formula is C23H26ClFN7O7P. The van der Waals surface area contributed by atoms with Gasteiger partial charge in [-0.2, -0.15) is 20.1 Å². The second-order valence-corrected chi connectivity index (χ2v) is 11.3. The maximum absolute atomic E-state index is 16.0. The number of nitrogen functional groups attached to an aromatic ring is 1. The van der Waals surface area contributed by atoms with Crippen molar-refractivity contribution in [2.24, 2.45) is 0 Å². The van der Waals surface area contributed by atoms with Gasteiger partial charge in [-0.1, -0.05) is 29.8 Å². The molecule has 214 valence electrons. The Morgan fingerprint density at radius 1 is 1.38 bits per heavy atom. The molecule has 6 atom stereocenters. The first-order chi connectivity index (χ1) is 18.8. The maximum atomic E-state index is 16.0. The van der Waals surface area contributed by atoms with Crippen LogP contribution in [0.3, 0.4) is 0 Å². The van der Waals surface area contributed by atoms with Crippen molar-refractivity contribution in [1.82, 2.24) is 24.8 Å². The first-order valence-electron chi connectivity index (χ1n) is 11.9. The van der Waals surface area contributed by atoms with E-state index >= 15 is 4.39 Å². The van der Waals surface area contributed by atoms with Gasteiger partial charge < -0.3 is 24.8 Å². The summed E-state index contributed by atoms with van der Waals surface area (Å²) in [4.78, 5) is 20.1. The molecule has 1 unspecified atom stereocenters. The number of benzene rings is 1. The predicted octanol–water partition coefficient (Wildman–Crippen LogP) is 2.38. The lowest BCUT2D eigenvalue weighted by Gasteiger charge is -2.29. The summed E-state index contributed by atoms with van der Waals surface area (Å²) >= 11 is 6.09. The summed E-state index contributed by atoms with van der Waals surface area (Å²) in [5.74, 6) is -0.636. The number of esters is 1. The lowest BCUT2D eigenvalue weighted by Crippen LogP contribution is -2.50. The van der Waals surface area contributed by atoms with Crippen molar-refractivity contribution in [3.8, 4) is 11.8 Å². The molecule has 3 heterocycles. The number of hydrogen-bond donors (Lipinski definition) is 3. The summed E-state index contributed by atoms with van der Waals surface area (Å²) in [5.41, 5.74) is 2.96. The van der Waals surface area contributed by atoms with Crippen LogP contribution in [-0.2, 0) is 29.1 Å². The highest BCUT2D eigenvalue weighted by molar-refractivity contribution is 7.52. The molecule has 0 bridgehead atoms. The number of nitrogens with two attached hydrogens (primary N) is 1. The molecule has 14 nitrogen and oxygen atoms in total. The fourth-order valence-electron chi connectivity index (χ4n) is 3.86. The number of fused-ring (bicyclic) bond motifs is 1. The highest BCUT2D eigenvalue weighted by Gasteiger charge is 2.70. The molecule has 0 spiro atoms. The summed E-state index contributed by atoms with van der Waals surface area (Å²) in [5, 5.41) is 24.1. The zero-order chi connectivity index (χ0) is 29.3. The fraction of sp³-hybridized carbons (Fsp3) is 0.435. The number of anilines is 1. The van der Waals surface area contributed by atoms with Crippen LogP contribution in [-0.4, -0.2) is 66.9 Å². The molecule has 2 aromatic heterocycles. The molecule has 1 aliphatic rings. The Hall–Kier alpha value is -3.38. The first-order valence-corrected chi connectivity index (χ1v) is 13.8. The first kappa shape index (κ1) is 29.6. The quantitative estimate of drug-likeness (QED) is 0.175. The summed E-state index contributed by atoms with van der Waals surface area (Å²) in [6.07, 6.45) is -2.07. The standard InChI is InChI=1S/C23H26ClFN7O7P/c1-13(2)37-21(34)14(3)31-40(35,39-15-7-5-4-6-8-15)36-10-17-18(33)23(24,25)22(11-26,38-17)32-20-16(9-30-32)19(27)28-12-29-20/h4-9,12-14,17-18,33H,10H2,1-3H3,(H,31,35)(H2,27,28,29)/t14-,17-,18-,22-,23-,40?/m1/s1. The molecule has 0 amide bonds. The van der Waals surface area contributed by atoms with Crippen LogP contribution in [0.1, 0.15) is 20.8 Å². The minimum Gasteiger partial charge on any atom is -0.462 e. The number of rotatable bonds is 10. The lowest BCUT2D eigenvalue weighted by molar-refractivity contribution is -0.149. The van der Waals surface area contributed by atoms with Gasteiger partial charge in [0.1, 0.15) is 42.2 Å². The van der Waals surface area contributed by atoms with Crippen molar-refractivity contribution in [2.75, 3.05) is 12.3 Å². The Labute approximate surface area is 232 Å². The minimum atomic E-state index is -4.42. The number of carbonyl (C=O) groups excluding carboxylic acids is 1. The van der Waals surface area contributed by atoms with Crippen molar-refractivity contribution in [2.45, 2.75) is 56.0 Å². The summed E-state index contributed by atoms with van der Waals surface area (Å²) in [6.45, 7) is 3.85. The molecule has 0 radical (unpaired) electrons. The molecule has 0 saturated carbocycles. The Morgan fingerprint density at radius 3 is 2.73 bits per heavy atom. The van der Waals surface area contributed by atoms with Crippen molar-refractivity contribution < 1.29 is 37.4 Å². The van der Waals surface area contributed by atoms with Crippen LogP contribution in [0.5, 0.6) is 5.75 Å². The van der Waals surface area contributed by atoms with E-state index in [1.807, 2.05) is 0 Å². The van der Waals surface area contributed by atoms with E-state index in [1.165, 1.54) is 25.3 Å². The van der Waals surface area contributed by atoms with E-state index < -0.39 is 55.5 Å². The van der Waals surface area contributed by atoms with Gasteiger partial charge >= 0.3 is 19.4 Å². The number of ether oxygens (including phenoxy) is 2. The molecule has 4 rings (SSSR count). The topological polar surface area (TPSA) is 197 Å². The van der Waals surface area contributed by atoms with Crippen LogP contribution >= 0.6 is 19.3 Å². The van der Waals surface area contributed by atoms with Crippen molar-refractivity contribution in [3.05, 3.63) is 42.9 Å². The van der Waals surface area contributed by atoms with E-state index in [4.69, 9.17) is 35.9 Å². The second-order valence-electron chi connectivity index (χ2n) is 9.07. The van der Waals surface area contributed by atoms with Gasteiger partial charge in [-0.15, -0.1) is 0 Å². The van der Waals surface area contributed by atoms with Crippen LogP contribution < -0.4 is 15.3 Å². The minimum absolute atomic E-state index is 0.00279. The number of halogens is 2. The molecule has 1 aromatic carbocycles. The third-order valence-corrected chi connectivity index (χ3v) is 7.90. The third kappa shape index (κ3) is 5.46. The van der Waals surface area contributed by atoms with E-state index in [-0.39, 0.29) is 22.6 Å². The van der Waals surface area contributed by atoms with E-state index in [2.05, 4.69) is 20.2 Å². The number of alkyl halides is 2. The lowest BCUT2D eigenvalue weighted by atomic mass is 10.0. The largest absolute Gasteiger partial charge is 0.462 e. The summed E-state index contributed by atoms with van der Waals surface area (Å²) < 4.78 is 52.2. The number of para-hydroxylation sites is 1. The van der Waals surface area contributed by atoms with Gasteiger partial charge in [-0.25, -0.2) is 18.9 Å². The molecule has 0 aliphatic carbocycles. The Bertz CT molecular complexity index is 1470. The third-order valence-electron chi connectivity index (χ3n) is 5.78. The van der Waals surface area contributed by atoms with Crippen molar-refractivity contribution in [1.29, 1.82) is 5.26 Å². The van der Waals surface area contributed by atoms with Crippen LogP contribution in [0.25, 0.3) is 11.0 Å². The number of nitrogens with one attached hydrogen (secondary N) is 1. The summed E-state index contributed by atoms with van der Waals surface area (Å²) in [7, 11) is -4.42. The van der Waals surface area contributed by atoms with Gasteiger partial charge in [0.05, 0.1) is 24.3 Å². The van der Waals surface area contributed by atoms with Crippen molar-refractivity contribution >= 4 is 42.2 Å². The molecule has 3 aromatic rings. The number of aromatic nitrogens is 4. The smallest absolute Gasteiger partial charge is 0.459 e. The molecule has 17 heteroatoms. The molecule has 4 N–H and O–H groups in total. The maximum Gasteiger partial charge on any atom is 0.459 e. The average molecular weight is 598 g/mol. The number of hydrogen-bond acceptors (Lipinski definition) is 12. The molecular weight excluding hydrogens is 572 g/mol. The SMILES string of the molecule is CC(C)OC(=O)[C@@H](C)NP(=O)(OC[C@H]1O[C@@](C#N)(n2ncc3c(N)ncnc32)[C@@](F)(Cl)[C@@H]1O)Oc1ccccc1. The van der Waals surface area contributed by atoms with E-state index in [0.29, 0.717) is 0 Å². The van der Waals surface area contributed by atoms with Gasteiger partial charge in [0, 0.05) is 0 Å². The monoisotopic (exact) mass is 597 g/mol. The van der Waals surface area contributed by atoms with Gasteiger partial charge in [-0.05, 0) is 32.9 Å². The Morgan fingerprint density at radius 2 is 2.08 bits per heavy atom. The highest BCUT2D eigenvalue weighted by atomic mass is 35.5. The number of aliphatic hydroxyl groups is 1. The predicted molar refractivity (Wildman–Crippen MR) is 138 cm³/mol. The van der Waals surface area contributed by atoms with Gasteiger partial charge in [0.2, 0.25) is 0 Å². The van der Waals surface area contributed by atoms with E-state index in [9.17, 15) is 19.7 Å². The average Bonchev–Trinajstić information content (AvgIpc) is 3.41. The fourth-order valence-corrected chi connectivity index (χ4v) is 5.67. The number of aliphatic hydroxyl groups excluding tert-OH is 1. The molecule has 40 heavy (non-hydrogen) atoms. The molecule has 1 saturated heterocycles. The molecule has 1 aliphatic heterocycles. The van der Waals surface area contributed by atoms with Crippen LogP contribution in [0.4, 0.5) is 10.2 Å². The van der Waals surface area contributed by atoms with E-state index in [0.717, 1.165) is 11.0 Å². The van der Waals surface area contributed by atoms with Gasteiger partial charge in [0.25, 0.3) is 5.13 Å². The zero-order valence-corrected chi connectivity index (χ0v) is 23.1. The van der Waals surface area contributed by atoms with E-state index in [1.54, 1.807) is 38.1 Å². The van der Waals surface area contributed by atoms with Gasteiger partial charge in [0.15, 0.2) is 5.65 Å². The number of nitrogens with zero attached hydrogens (tertiary/aromatic N) is 5. The second kappa shape index (κ2) is 11.2. The van der Waals surface area contributed by atoms with Crippen LogP contribution in [0.15, 0.2) is 42.9 Å². The number of carbonyl (C=O) groups is 1. The van der Waals surface area contributed by atoms with Crippen molar-refractivity contribution in [3.63, 3.8) is 0 Å². The Balaban J connectivity index is 1.61.